The molecule has 2 nitrogen and oxygen atoms in total. The van der Waals surface area contributed by atoms with Gasteiger partial charge in [0.25, 0.3) is 5.91 Å². The third-order valence-electron chi connectivity index (χ3n) is 2.82. The van der Waals surface area contributed by atoms with Crippen LogP contribution in [0.3, 0.4) is 0 Å². The van der Waals surface area contributed by atoms with Crippen LogP contribution in [0.1, 0.15) is 30.1 Å². The third kappa shape index (κ3) is 4.72. The second-order valence-corrected chi connectivity index (χ2v) is 5.63. The maximum Gasteiger partial charge on any atom is 0.252 e. The number of carbonyl (C=O) groups excluding carboxylic acids is 1. The molecule has 5 heteroatoms. The average Bonchev–Trinajstić information content (AvgIpc) is 2.34. The lowest BCUT2D eigenvalue weighted by atomic mass is 10.0. The molecule has 0 heterocycles. The molecule has 18 heavy (non-hydrogen) atoms. The number of hydrogen-bond acceptors (Lipinski definition) is 1. The van der Waals surface area contributed by atoms with Crippen LogP contribution in [0.5, 0.6) is 0 Å². The van der Waals surface area contributed by atoms with E-state index in [1.54, 1.807) is 0 Å². The zero-order valence-corrected chi connectivity index (χ0v) is 13.1. The summed E-state index contributed by atoms with van der Waals surface area (Å²) in [5, 5.41) is 2.87. The third-order valence-corrected chi connectivity index (χ3v) is 3.93. The molecular formula is C13H16ClFINO. The minimum absolute atomic E-state index is 0.160. The Labute approximate surface area is 125 Å². The summed E-state index contributed by atoms with van der Waals surface area (Å²) in [5.74, 6) is 0.504. The van der Waals surface area contributed by atoms with Gasteiger partial charge >= 0.3 is 0 Å². The zero-order chi connectivity index (χ0) is 13.5. The largest absolute Gasteiger partial charge is 0.352 e. The molecule has 1 rings (SSSR count). The van der Waals surface area contributed by atoms with Crippen LogP contribution in [0, 0.1) is 15.3 Å². The van der Waals surface area contributed by atoms with Crippen LogP contribution in [-0.4, -0.2) is 18.3 Å². The van der Waals surface area contributed by atoms with E-state index in [-0.39, 0.29) is 11.7 Å². The number of alkyl halides is 1. The van der Waals surface area contributed by atoms with Crippen molar-refractivity contribution in [1.82, 2.24) is 5.32 Å². The van der Waals surface area contributed by atoms with E-state index in [0.717, 1.165) is 12.8 Å². The molecule has 1 amide bonds. The minimum Gasteiger partial charge on any atom is -0.352 e. The summed E-state index contributed by atoms with van der Waals surface area (Å²) in [5.41, 5.74) is 0.512. The maximum absolute atomic E-state index is 12.9. The van der Waals surface area contributed by atoms with E-state index in [9.17, 15) is 9.18 Å². The standard InChI is InChI=1S/C13H16ClFINO/c1-2-9(5-6-14)8-17-13(18)11-4-3-10(15)7-12(11)16/h3-4,7,9H,2,5-6,8H2,1H3,(H,17,18). The summed E-state index contributed by atoms with van der Waals surface area (Å²) in [7, 11) is 0. The number of carbonyl (C=O) groups is 1. The van der Waals surface area contributed by atoms with E-state index in [2.05, 4.69) is 12.2 Å². The highest BCUT2D eigenvalue weighted by atomic mass is 127. The number of hydrogen-bond donors (Lipinski definition) is 1. The lowest BCUT2D eigenvalue weighted by Gasteiger charge is -2.14. The Bertz CT molecular complexity index is 414. The van der Waals surface area contributed by atoms with Gasteiger partial charge in [0.15, 0.2) is 0 Å². The SMILES string of the molecule is CCC(CCCl)CNC(=O)c1ccc(F)cc1I. The molecule has 0 aromatic heterocycles. The van der Waals surface area contributed by atoms with E-state index < -0.39 is 0 Å². The summed E-state index contributed by atoms with van der Waals surface area (Å²) in [6, 6.07) is 4.16. The van der Waals surface area contributed by atoms with Crippen LogP contribution in [0.25, 0.3) is 0 Å². The van der Waals surface area contributed by atoms with E-state index in [1.165, 1.54) is 18.2 Å². The van der Waals surface area contributed by atoms with Crippen molar-refractivity contribution in [3.63, 3.8) is 0 Å². The van der Waals surface area contributed by atoms with Gasteiger partial charge in [-0.05, 0) is 53.1 Å². The molecule has 0 aliphatic rings. The Balaban J connectivity index is 2.59. The lowest BCUT2D eigenvalue weighted by Crippen LogP contribution is -2.29. The summed E-state index contributed by atoms with van der Waals surface area (Å²) in [6.07, 6.45) is 1.87. The molecule has 0 fully saturated rings. The Kier molecular flexibility index (Phi) is 6.92. The fraction of sp³-hybridized carbons (Fsp3) is 0.462. The molecule has 0 saturated carbocycles. The number of amides is 1. The molecule has 100 valence electrons. The first-order valence-electron chi connectivity index (χ1n) is 5.87. The molecule has 1 aromatic carbocycles. The molecule has 0 aliphatic carbocycles. The molecule has 0 spiro atoms. The van der Waals surface area contributed by atoms with Gasteiger partial charge in [-0.3, -0.25) is 4.79 Å². The molecular weight excluding hydrogens is 368 g/mol. The van der Waals surface area contributed by atoms with Gasteiger partial charge in [0.2, 0.25) is 0 Å². The van der Waals surface area contributed by atoms with Crippen LogP contribution < -0.4 is 5.32 Å². The van der Waals surface area contributed by atoms with Gasteiger partial charge in [-0.2, -0.15) is 0 Å². The molecule has 0 aliphatic heterocycles. The molecule has 1 aromatic rings. The lowest BCUT2D eigenvalue weighted by molar-refractivity contribution is 0.0945. The van der Waals surface area contributed by atoms with E-state index in [0.29, 0.717) is 27.5 Å². The Morgan fingerprint density at radius 3 is 2.83 bits per heavy atom. The highest BCUT2D eigenvalue weighted by Gasteiger charge is 2.12. The van der Waals surface area contributed by atoms with Crippen molar-refractivity contribution in [3.8, 4) is 0 Å². The van der Waals surface area contributed by atoms with Crippen molar-refractivity contribution in [1.29, 1.82) is 0 Å². The van der Waals surface area contributed by atoms with Crippen LogP contribution in [0.2, 0.25) is 0 Å². The molecule has 1 atom stereocenters. The molecule has 0 bridgehead atoms. The zero-order valence-electron chi connectivity index (χ0n) is 10.2. The predicted octanol–water partition coefficient (Wildman–Crippen LogP) is 3.82. The van der Waals surface area contributed by atoms with Crippen molar-refractivity contribution in [2.45, 2.75) is 19.8 Å². The van der Waals surface area contributed by atoms with Crippen molar-refractivity contribution in [2.24, 2.45) is 5.92 Å². The van der Waals surface area contributed by atoms with E-state index >= 15 is 0 Å². The number of nitrogens with one attached hydrogen (secondary N) is 1. The van der Waals surface area contributed by atoms with Gasteiger partial charge in [0.1, 0.15) is 5.82 Å². The van der Waals surface area contributed by atoms with Gasteiger partial charge < -0.3 is 5.32 Å². The summed E-state index contributed by atoms with van der Waals surface area (Å²) in [4.78, 5) is 11.9. The minimum atomic E-state index is -0.329. The van der Waals surface area contributed by atoms with Gasteiger partial charge in [0, 0.05) is 16.0 Å². The van der Waals surface area contributed by atoms with Crippen molar-refractivity contribution in [2.75, 3.05) is 12.4 Å². The van der Waals surface area contributed by atoms with Crippen LogP contribution in [-0.2, 0) is 0 Å². The summed E-state index contributed by atoms with van der Waals surface area (Å²) in [6.45, 7) is 2.68. The highest BCUT2D eigenvalue weighted by molar-refractivity contribution is 14.1. The topological polar surface area (TPSA) is 29.1 Å². The van der Waals surface area contributed by atoms with Crippen molar-refractivity contribution < 1.29 is 9.18 Å². The monoisotopic (exact) mass is 383 g/mol. The average molecular weight is 384 g/mol. The second kappa shape index (κ2) is 7.94. The van der Waals surface area contributed by atoms with Gasteiger partial charge in [-0.1, -0.05) is 13.3 Å². The summed E-state index contributed by atoms with van der Waals surface area (Å²) >= 11 is 7.66. The second-order valence-electron chi connectivity index (χ2n) is 4.09. The Hall–Kier alpha value is -0.360. The molecule has 0 radical (unpaired) electrons. The van der Waals surface area contributed by atoms with Crippen molar-refractivity contribution in [3.05, 3.63) is 33.1 Å². The van der Waals surface area contributed by atoms with E-state index in [1.807, 2.05) is 22.6 Å². The first-order chi connectivity index (χ1) is 8.58. The quantitative estimate of drug-likeness (QED) is 0.587. The highest BCUT2D eigenvalue weighted by Crippen LogP contribution is 2.14. The van der Waals surface area contributed by atoms with E-state index in [4.69, 9.17) is 11.6 Å². The molecule has 0 saturated heterocycles. The number of rotatable bonds is 6. The normalized spacial score (nSPS) is 12.2. The molecule has 1 unspecified atom stereocenters. The van der Waals surface area contributed by atoms with Gasteiger partial charge in [-0.15, -0.1) is 11.6 Å². The fourth-order valence-corrected chi connectivity index (χ4v) is 2.64. The maximum atomic E-state index is 12.9. The Morgan fingerprint density at radius 1 is 1.56 bits per heavy atom. The number of halogens is 3. The molecule has 1 N–H and O–H groups in total. The smallest absolute Gasteiger partial charge is 0.252 e. The fourth-order valence-electron chi connectivity index (χ4n) is 1.61. The Morgan fingerprint density at radius 2 is 2.28 bits per heavy atom. The van der Waals surface area contributed by atoms with Crippen LogP contribution in [0.15, 0.2) is 18.2 Å². The number of benzene rings is 1. The predicted molar refractivity (Wildman–Crippen MR) is 80.6 cm³/mol. The summed E-state index contributed by atoms with van der Waals surface area (Å²) < 4.78 is 13.5. The first kappa shape index (κ1) is 15.7. The van der Waals surface area contributed by atoms with Crippen LogP contribution in [0.4, 0.5) is 4.39 Å². The van der Waals surface area contributed by atoms with Crippen LogP contribution >= 0.6 is 34.2 Å². The first-order valence-corrected chi connectivity index (χ1v) is 7.49. The van der Waals surface area contributed by atoms with Crippen molar-refractivity contribution >= 4 is 40.1 Å². The van der Waals surface area contributed by atoms with Gasteiger partial charge in [-0.25, -0.2) is 4.39 Å². The van der Waals surface area contributed by atoms with Gasteiger partial charge in [0.05, 0.1) is 5.56 Å².